The van der Waals surface area contributed by atoms with Gasteiger partial charge < -0.3 is 14.6 Å². The molecule has 22 heavy (non-hydrogen) atoms. The molecule has 6 nitrogen and oxygen atoms in total. The highest BCUT2D eigenvalue weighted by Crippen LogP contribution is 2.20. The molecule has 1 aliphatic rings. The van der Waals surface area contributed by atoms with Crippen molar-refractivity contribution in [2.24, 2.45) is 0 Å². The van der Waals surface area contributed by atoms with Crippen molar-refractivity contribution in [3.05, 3.63) is 41.7 Å². The Morgan fingerprint density at radius 3 is 3.14 bits per heavy atom. The number of amides is 1. The van der Waals surface area contributed by atoms with E-state index in [1.807, 2.05) is 4.57 Å². The summed E-state index contributed by atoms with van der Waals surface area (Å²) < 4.78 is 20.3. The number of hydrogen-bond donors (Lipinski definition) is 1. The van der Waals surface area contributed by atoms with Crippen molar-refractivity contribution < 1.29 is 13.9 Å². The van der Waals surface area contributed by atoms with Crippen LogP contribution in [0.5, 0.6) is 5.75 Å². The topological polar surface area (TPSA) is 69.0 Å². The summed E-state index contributed by atoms with van der Waals surface area (Å²) in [6.07, 6.45) is 4.09. The molecule has 0 saturated heterocycles. The zero-order chi connectivity index (χ0) is 15.5. The minimum absolute atomic E-state index is 0.0453. The number of ether oxygens (including phenoxy) is 1. The Kier molecular flexibility index (Phi) is 4.04. The second-order valence-electron chi connectivity index (χ2n) is 5.28. The SMILES string of the molecule is COc1cc(F)ccc1C(=O)NC1CCc2nncn2CC1. The number of methoxy groups -OCH3 is 1. The molecule has 3 rings (SSSR count). The van der Waals surface area contributed by atoms with Gasteiger partial charge in [0, 0.05) is 25.1 Å². The van der Waals surface area contributed by atoms with E-state index >= 15 is 0 Å². The summed E-state index contributed by atoms with van der Waals surface area (Å²) in [4.78, 5) is 12.4. The monoisotopic (exact) mass is 304 g/mol. The molecule has 1 aromatic carbocycles. The third-order valence-electron chi connectivity index (χ3n) is 3.87. The Morgan fingerprint density at radius 2 is 2.32 bits per heavy atom. The second kappa shape index (κ2) is 6.13. The first-order chi connectivity index (χ1) is 10.7. The predicted octanol–water partition coefficient (Wildman–Crippen LogP) is 1.56. The van der Waals surface area contributed by atoms with E-state index in [-0.39, 0.29) is 17.7 Å². The summed E-state index contributed by atoms with van der Waals surface area (Å²) >= 11 is 0. The van der Waals surface area contributed by atoms with Crippen LogP contribution in [-0.4, -0.2) is 33.8 Å². The molecule has 0 saturated carbocycles. The van der Waals surface area contributed by atoms with Crippen LogP contribution in [0.3, 0.4) is 0 Å². The Bertz CT molecular complexity index is 663. The third kappa shape index (κ3) is 2.93. The molecule has 1 amide bonds. The van der Waals surface area contributed by atoms with Crippen LogP contribution in [0.2, 0.25) is 0 Å². The van der Waals surface area contributed by atoms with Crippen LogP contribution in [0.4, 0.5) is 4.39 Å². The largest absolute Gasteiger partial charge is 0.496 e. The molecule has 1 aromatic heterocycles. The lowest BCUT2D eigenvalue weighted by Gasteiger charge is -2.17. The fraction of sp³-hybridized carbons (Fsp3) is 0.400. The van der Waals surface area contributed by atoms with E-state index in [1.54, 1.807) is 6.33 Å². The molecule has 0 aliphatic carbocycles. The molecule has 2 aromatic rings. The quantitative estimate of drug-likeness (QED) is 0.934. The number of carbonyl (C=O) groups is 1. The van der Waals surface area contributed by atoms with Gasteiger partial charge in [-0.1, -0.05) is 0 Å². The molecule has 0 bridgehead atoms. The van der Waals surface area contributed by atoms with E-state index in [9.17, 15) is 9.18 Å². The van der Waals surface area contributed by atoms with Gasteiger partial charge >= 0.3 is 0 Å². The highest BCUT2D eigenvalue weighted by molar-refractivity contribution is 5.97. The number of benzene rings is 1. The first kappa shape index (κ1) is 14.5. The van der Waals surface area contributed by atoms with Gasteiger partial charge in [0.25, 0.3) is 5.91 Å². The van der Waals surface area contributed by atoms with Crippen LogP contribution >= 0.6 is 0 Å². The molecule has 1 atom stereocenters. The van der Waals surface area contributed by atoms with E-state index in [0.717, 1.165) is 31.6 Å². The van der Waals surface area contributed by atoms with Gasteiger partial charge in [0.15, 0.2) is 0 Å². The average Bonchev–Trinajstić information content (AvgIpc) is 2.89. The maximum atomic E-state index is 13.2. The molecule has 0 spiro atoms. The minimum Gasteiger partial charge on any atom is -0.496 e. The first-order valence-electron chi connectivity index (χ1n) is 7.18. The van der Waals surface area contributed by atoms with Gasteiger partial charge in [-0.3, -0.25) is 4.79 Å². The number of rotatable bonds is 3. The van der Waals surface area contributed by atoms with E-state index in [0.29, 0.717) is 5.56 Å². The van der Waals surface area contributed by atoms with E-state index in [1.165, 1.54) is 25.3 Å². The van der Waals surface area contributed by atoms with Gasteiger partial charge in [0.2, 0.25) is 0 Å². The molecular formula is C15H17FN4O2. The fourth-order valence-corrected chi connectivity index (χ4v) is 2.66. The van der Waals surface area contributed by atoms with Gasteiger partial charge in [0.05, 0.1) is 12.7 Å². The fourth-order valence-electron chi connectivity index (χ4n) is 2.66. The zero-order valence-electron chi connectivity index (χ0n) is 12.3. The highest BCUT2D eigenvalue weighted by Gasteiger charge is 2.21. The Morgan fingerprint density at radius 1 is 1.45 bits per heavy atom. The van der Waals surface area contributed by atoms with E-state index in [4.69, 9.17) is 4.74 Å². The lowest BCUT2D eigenvalue weighted by molar-refractivity contribution is 0.0930. The van der Waals surface area contributed by atoms with Gasteiger partial charge in [-0.25, -0.2) is 4.39 Å². The van der Waals surface area contributed by atoms with Crippen LogP contribution < -0.4 is 10.1 Å². The molecule has 116 valence electrons. The van der Waals surface area contributed by atoms with Gasteiger partial charge in [0.1, 0.15) is 23.7 Å². The molecule has 1 unspecified atom stereocenters. The predicted molar refractivity (Wildman–Crippen MR) is 77.2 cm³/mol. The zero-order valence-corrected chi connectivity index (χ0v) is 12.3. The maximum absolute atomic E-state index is 13.2. The summed E-state index contributed by atoms with van der Waals surface area (Å²) in [5.41, 5.74) is 0.340. The molecular weight excluding hydrogens is 287 g/mol. The molecule has 1 aliphatic heterocycles. The number of aromatic nitrogens is 3. The Labute approximate surface area is 127 Å². The van der Waals surface area contributed by atoms with Crippen LogP contribution in [0, 0.1) is 5.82 Å². The van der Waals surface area contributed by atoms with Crippen molar-refractivity contribution in [3.8, 4) is 5.75 Å². The summed E-state index contributed by atoms with van der Waals surface area (Å²) in [5.74, 6) is 0.500. The summed E-state index contributed by atoms with van der Waals surface area (Å²) in [6.45, 7) is 0.772. The molecule has 0 radical (unpaired) electrons. The number of halogens is 1. The first-order valence-corrected chi connectivity index (χ1v) is 7.18. The van der Waals surface area contributed by atoms with Crippen LogP contribution in [0.15, 0.2) is 24.5 Å². The van der Waals surface area contributed by atoms with Crippen molar-refractivity contribution >= 4 is 5.91 Å². The number of hydrogen-bond acceptors (Lipinski definition) is 4. The van der Waals surface area contributed by atoms with Crippen molar-refractivity contribution in [1.29, 1.82) is 0 Å². The molecule has 7 heteroatoms. The number of aryl methyl sites for hydroxylation is 2. The average molecular weight is 304 g/mol. The molecule has 0 fully saturated rings. The van der Waals surface area contributed by atoms with Gasteiger partial charge in [-0.15, -0.1) is 10.2 Å². The van der Waals surface area contributed by atoms with Crippen LogP contribution in [-0.2, 0) is 13.0 Å². The second-order valence-corrected chi connectivity index (χ2v) is 5.28. The van der Waals surface area contributed by atoms with Crippen LogP contribution in [0.1, 0.15) is 29.0 Å². The van der Waals surface area contributed by atoms with Crippen LogP contribution in [0.25, 0.3) is 0 Å². The summed E-state index contributed by atoms with van der Waals surface area (Å²) in [7, 11) is 1.42. The number of fused-ring (bicyclic) bond motifs is 1. The smallest absolute Gasteiger partial charge is 0.255 e. The van der Waals surface area contributed by atoms with E-state index < -0.39 is 5.82 Å². The van der Waals surface area contributed by atoms with Crippen molar-refractivity contribution in [2.75, 3.05) is 7.11 Å². The normalized spacial score (nSPS) is 17.5. The maximum Gasteiger partial charge on any atom is 0.255 e. The van der Waals surface area contributed by atoms with Gasteiger partial charge in [-0.2, -0.15) is 0 Å². The summed E-state index contributed by atoms with van der Waals surface area (Å²) in [5, 5.41) is 10.9. The standard InChI is InChI=1S/C15H17FN4O2/c1-22-13-8-10(16)2-4-12(13)15(21)18-11-3-5-14-19-17-9-20(14)7-6-11/h2,4,8-9,11H,3,5-7H2,1H3,(H,18,21). The third-order valence-corrected chi connectivity index (χ3v) is 3.87. The number of nitrogens with zero attached hydrogens (tertiary/aromatic N) is 3. The van der Waals surface area contributed by atoms with Crippen molar-refractivity contribution in [2.45, 2.75) is 31.8 Å². The summed E-state index contributed by atoms with van der Waals surface area (Å²) in [6, 6.07) is 3.95. The highest BCUT2D eigenvalue weighted by atomic mass is 19.1. The molecule has 2 heterocycles. The minimum atomic E-state index is -0.430. The molecule has 1 N–H and O–H groups in total. The van der Waals surface area contributed by atoms with Crippen molar-refractivity contribution in [1.82, 2.24) is 20.1 Å². The Hall–Kier alpha value is -2.44. The lowest BCUT2D eigenvalue weighted by Crippen LogP contribution is -2.35. The number of nitrogens with one attached hydrogen (secondary N) is 1. The Balaban J connectivity index is 1.68. The van der Waals surface area contributed by atoms with Gasteiger partial charge in [-0.05, 0) is 25.0 Å². The lowest BCUT2D eigenvalue weighted by atomic mass is 10.1. The number of carbonyl (C=O) groups excluding carboxylic acids is 1. The van der Waals surface area contributed by atoms with Crippen molar-refractivity contribution in [3.63, 3.8) is 0 Å². The van der Waals surface area contributed by atoms with E-state index in [2.05, 4.69) is 15.5 Å².